The highest BCUT2D eigenvalue weighted by Crippen LogP contribution is 2.18. The van der Waals surface area contributed by atoms with Crippen LogP contribution in [-0.2, 0) is 44.9 Å². The summed E-state index contributed by atoms with van der Waals surface area (Å²) in [6, 6.07) is 2.93. The Morgan fingerprint density at radius 2 is 1.97 bits per heavy atom. The fourth-order valence-electron chi connectivity index (χ4n) is 2.93. The number of nitrogens with zero attached hydrogens (tertiary/aromatic N) is 3. The second-order valence-corrected chi connectivity index (χ2v) is 8.60. The molecule has 3 amide bonds. The normalized spacial score (nSPS) is 16.3. The average molecular weight is 583 g/mol. The van der Waals surface area contributed by atoms with E-state index in [0.717, 1.165) is 18.4 Å². The number of thiazole rings is 1. The number of amides is 3. The molecule has 1 aromatic heterocycles. The molecule has 16 nitrogen and oxygen atoms in total. The molecule has 0 saturated carbocycles. The van der Waals surface area contributed by atoms with E-state index in [4.69, 9.17) is 21.2 Å². The van der Waals surface area contributed by atoms with Crippen LogP contribution in [0.1, 0.15) is 11.3 Å². The van der Waals surface area contributed by atoms with Gasteiger partial charge in [-0.3, -0.25) is 24.5 Å². The highest BCUT2D eigenvalue weighted by atomic mass is 35.5. The monoisotopic (exact) mass is 582 g/mol. The van der Waals surface area contributed by atoms with E-state index in [9.17, 15) is 34.1 Å². The Labute approximate surface area is 227 Å². The van der Waals surface area contributed by atoms with Crippen molar-refractivity contribution >= 4 is 69.1 Å². The Balaban J connectivity index is 1.67. The van der Waals surface area contributed by atoms with E-state index in [1.807, 2.05) is 0 Å². The van der Waals surface area contributed by atoms with E-state index < -0.39 is 59.0 Å². The lowest BCUT2D eigenvalue weighted by atomic mass is 9.99. The second kappa shape index (κ2) is 13.2. The van der Waals surface area contributed by atoms with E-state index in [0.29, 0.717) is 5.56 Å². The highest BCUT2D eigenvalue weighted by Gasteiger charge is 2.46. The van der Waals surface area contributed by atoms with Gasteiger partial charge in [0.1, 0.15) is 24.2 Å². The molecule has 0 spiro atoms. The van der Waals surface area contributed by atoms with Gasteiger partial charge in [0.15, 0.2) is 16.9 Å². The van der Waals surface area contributed by atoms with Gasteiger partial charge in [-0.2, -0.15) is 0 Å². The number of non-ortho nitro benzene ring substituents is 1. The van der Waals surface area contributed by atoms with Crippen LogP contribution in [0.2, 0.25) is 0 Å². The van der Waals surface area contributed by atoms with Crippen molar-refractivity contribution in [3.8, 4) is 0 Å². The van der Waals surface area contributed by atoms with Crippen molar-refractivity contribution in [2.45, 2.75) is 18.7 Å². The molecule has 206 valence electrons. The molecule has 1 saturated heterocycles. The van der Waals surface area contributed by atoms with Gasteiger partial charge in [-0.25, -0.2) is 14.6 Å². The van der Waals surface area contributed by atoms with Gasteiger partial charge >= 0.3 is 11.9 Å². The number of halogens is 1. The fourth-order valence-corrected chi connectivity index (χ4v) is 3.71. The summed E-state index contributed by atoms with van der Waals surface area (Å²) in [6.07, 6.45) is 0. The fraction of sp³-hybridized carbons (Fsp3) is 0.286. The summed E-state index contributed by atoms with van der Waals surface area (Å²) in [4.78, 5) is 79.4. The van der Waals surface area contributed by atoms with Crippen LogP contribution >= 0.6 is 22.9 Å². The molecular formula is C21H19ClN6O10S. The molecule has 2 heterocycles. The lowest BCUT2D eigenvalue weighted by Crippen LogP contribution is -2.72. The number of anilines is 1. The molecule has 0 bridgehead atoms. The molecule has 1 aliphatic rings. The molecule has 18 heteroatoms. The largest absolute Gasteiger partial charge is 0.467 e. The number of nitro benzene ring substituents is 1. The van der Waals surface area contributed by atoms with Crippen molar-refractivity contribution in [3.05, 3.63) is 51.0 Å². The first-order valence-corrected chi connectivity index (χ1v) is 12.1. The molecule has 2 atom stereocenters. The van der Waals surface area contributed by atoms with Gasteiger partial charge in [0.25, 0.3) is 11.6 Å². The van der Waals surface area contributed by atoms with Crippen molar-refractivity contribution in [1.82, 2.24) is 15.6 Å². The van der Waals surface area contributed by atoms with Crippen LogP contribution in [0, 0.1) is 10.1 Å². The summed E-state index contributed by atoms with van der Waals surface area (Å²) in [5.74, 6) is -4.20. The standard InChI is InChI=1S/C21H19ClN6O10S/c1-36-20(33)17-16(19(32)26-17)25-18(31)15(12-9-39-21(23-12)24-13(29)6-22)27-38-8-14(30)37-7-10-2-4-11(5-3-10)28(34)35/h2-5,9,16-17H,6-8H2,1H3,(H,25,31)(H,26,32)(H,23,24,29)/t16-,17-/m1/s1. The van der Waals surface area contributed by atoms with Gasteiger partial charge in [-0.05, 0) is 17.7 Å². The minimum Gasteiger partial charge on any atom is -0.467 e. The maximum Gasteiger partial charge on any atom is 0.347 e. The van der Waals surface area contributed by atoms with Crippen molar-refractivity contribution in [2.75, 3.05) is 24.9 Å². The number of carbonyl (C=O) groups is 5. The Kier molecular flexibility index (Phi) is 9.82. The van der Waals surface area contributed by atoms with Gasteiger partial charge in [0.05, 0.1) is 12.0 Å². The van der Waals surface area contributed by atoms with Crippen molar-refractivity contribution in [1.29, 1.82) is 0 Å². The van der Waals surface area contributed by atoms with Crippen molar-refractivity contribution < 1.29 is 43.2 Å². The summed E-state index contributed by atoms with van der Waals surface area (Å²) in [7, 11) is 1.11. The molecule has 0 aliphatic carbocycles. The molecule has 1 aromatic carbocycles. The van der Waals surface area contributed by atoms with Crippen LogP contribution in [0.3, 0.4) is 0 Å². The van der Waals surface area contributed by atoms with Crippen LogP contribution in [0.25, 0.3) is 0 Å². The first kappa shape index (κ1) is 28.9. The summed E-state index contributed by atoms with van der Waals surface area (Å²) in [5, 5.41) is 22.8. The molecule has 3 N–H and O–H groups in total. The third-order valence-corrected chi connectivity index (χ3v) is 5.87. The molecular weight excluding hydrogens is 564 g/mol. The topological polar surface area (TPSA) is 218 Å². The number of hydrogen-bond acceptors (Lipinski definition) is 13. The number of nitro groups is 1. The van der Waals surface area contributed by atoms with E-state index in [1.54, 1.807) is 0 Å². The number of rotatable bonds is 12. The summed E-state index contributed by atoms with van der Waals surface area (Å²) < 4.78 is 9.58. The van der Waals surface area contributed by atoms with E-state index in [1.165, 1.54) is 29.6 Å². The van der Waals surface area contributed by atoms with Gasteiger partial charge in [0.2, 0.25) is 18.4 Å². The molecule has 1 aliphatic heterocycles. The molecule has 3 rings (SSSR count). The number of carbonyl (C=O) groups excluding carboxylic acids is 5. The molecule has 39 heavy (non-hydrogen) atoms. The number of hydrogen-bond donors (Lipinski definition) is 3. The second-order valence-electron chi connectivity index (χ2n) is 7.48. The lowest BCUT2D eigenvalue weighted by Gasteiger charge is -2.34. The number of esters is 2. The average Bonchev–Trinajstić information content (AvgIpc) is 3.38. The van der Waals surface area contributed by atoms with Gasteiger partial charge in [0, 0.05) is 17.5 Å². The summed E-state index contributed by atoms with van der Waals surface area (Å²) in [5.41, 5.74) is -0.219. The minimum atomic E-state index is -1.27. The lowest BCUT2D eigenvalue weighted by molar-refractivity contribution is -0.384. The smallest absolute Gasteiger partial charge is 0.347 e. The zero-order valence-electron chi connectivity index (χ0n) is 19.9. The van der Waals surface area contributed by atoms with Crippen molar-refractivity contribution in [3.63, 3.8) is 0 Å². The highest BCUT2D eigenvalue weighted by molar-refractivity contribution is 7.14. The third kappa shape index (κ3) is 7.68. The number of benzene rings is 1. The number of ether oxygens (including phenoxy) is 2. The number of β-lactam (4-membered cyclic amide) rings is 1. The Bertz CT molecular complexity index is 1310. The summed E-state index contributed by atoms with van der Waals surface area (Å²) in [6.45, 7) is -0.947. The third-order valence-electron chi connectivity index (χ3n) is 4.87. The van der Waals surface area contributed by atoms with E-state index in [-0.39, 0.29) is 29.0 Å². The SMILES string of the molecule is COC(=O)[C@@H]1NC(=O)[C@@H]1NC(=O)C(=NOCC(=O)OCc1ccc([N+](=O)[O-])cc1)c1csc(NC(=O)CCl)n1. The van der Waals surface area contributed by atoms with E-state index in [2.05, 4.69) is 30.8 Å². The zero-order valence-corrected chi connectivity index (χ0v) is 21.4. The van der Waals surface area contributed by atoms with Gasteiger partial charge < -0.3 is 30.3 Å². The molecule has 0 unspecified atom stereocenters. The number of alkyl halides is 1. The van der Waals surface area contributed by atoms with Crippen LogP contribution in [0.4, 0.5) is 10.8 Å². The van der Waals surface area contributed by atoms with Crippen LogP contribution in [-0.4, -0.2) is 77.0 Å². The molecule has 1 fully saturated rings. The first-order valence-electron chi connectivity index (χ1n) is 10.7. The Hall–Kier alpha value is -4.64. The maximum atomic E-state index is 12.9. The number of oxime groups is 1. The number of methoxy groups -OCH3 is 1. The predicted octanol–water partition coefficient (Wildman–Crippen LogP) is -0.151. The van der Waals surface area contributed by atoms with Crippen LogP contribution in [0.5, 0.6) is 0 Å². The molecule has 0 radical (unpaired) electrons. The van der Waals surface area contributed by atoms with Gasteiger partial charge in [-0.15, -0.1) is 22.9 Å². The van der Waals surface area contributed by atoms with Crippen LogP contribution in [0.15, 0.2) is 34.8 Å². The Morgan fingerprint density at radius 1 is 1.26 bits per heavy atom. The molecule has 2 aromatic rings. The van der Waals surface area contributed by atoms with Crippen molar-refractivity contribution in [2.24, 2.45) is 5.16 Å². The summed E-state index contributed by atoms with van der Waals surface area (Å²) >= 11 is 6.39. The number of aromatic nitrogens is 1. The predicted molar refractivity (Wildman–Crippen MR) is 133 cm³/mol. The Morgan fingerprint density at radius 3 is 2.59 bits per heavy atom. The van der Waals surface area contributed by atoms with Crippen LogP contribution < -0.4 is 16.0 Å². The first-order chi connectivity index (χ1) is 18.6. The van der Waals surface area contributed by atoms with Gasteiger partial charge in [-0.1, -0.05) is 5.16 Å². The minimum absolute atomic E-state index is 0.0764. The quantitative estimate of drug-likeness (QED) is 0.0746. The van der Waals surface area contributed by atoms with E-state index >= 15 is 0 Å². The number of nitrogens with one attached hydrogen (secondary N) is 3. The maximum absolute atomic E-state index is 12.9. The zero-order chi connectivity index (χ0) is 28.5.